The maximum absolute atomic E-state index is 11.6. The van der Waals surface area contributed by atoms with Gasteiger partial charge in [-0.15, -0.1) is 0 Å². The summed E-state index contributed by atoms with van der Waals surface area (Å²) in [6, 6.07) is 0. The SMILES string of the molecule is CC(C)(C)OC(=O)CC1(O)CCCS(=O)(=O)C1. The highest BCUT2D eigenvalue weighted by Gasteiger charge is 2.39. The van der Waals surface area contributed by atoms with E-state index < -0.39 is 27.0 Å². The highest BCUT2D eigenvalue weighted by Crippen LogP contribution is 2.27. The first-order chi connectivity index (χ1) is 7.52. The minimum atomic E-state index is -3.24. The molecule has 0 amide bonds. The summed E-state index contributed by atoms with van der Waals surface area (Å²) in [4.78, 5) is 11.6. The van der Waals surface area contributed by atoms with Gasteiger partial charge in [-0.25, -0.2) is 8.42 Å². The maximum Gasteiger partial charge on any atom is 0.309 e. The van der Waals surface area contributed by atoms with Gasteiger partial charge in [-0.1, -0.05) is 0 Å². The molecule has 1 heterocycles. The predicted octanol–water partition coefficient (Wildman–Crippen LogP) is 0.658. The molecule has 1 fully saturated rings. The van der Waals surface area contributed by atoms with Crippen LogP contribution < -0.4 is 0 Å². The van der Waals surface area contributed by atoms with E-state index in [1.165, 1.54) is 0 Å². The van der Waals surface area contributed by atoms with E-state index in [0.717, 1.165) is 0 Å². The van der Waals surface area contributed by atoms with Crippen LogP contribution in [0.1, 0.15) is 40.0 Å². The van der Waals surface area contributed by atoms with Gasteiger partial charge in [0.2, 0.25) is 0 Å². The van der Waals surface area contributed by atoms with E-state index in [0.29, 0.717) is 12.8 Å². The minimum absolute atomic E-state index is 0.0869. The van der Waals surface area contributed by atoms with Crippen LogP contribution in [0.2, 0.25) is 0 Å². The second-order valence-electron chi connectivity index (χ2n) is 5.68. The second kappa shape index (κ2) is 4.57. The van der Waals surface area contributed by atoms with Gasteiger partial charge in [0.15, 0.2) is 9.84 Å². The van der Waals surface area contributed by atoms with Gasteiger partial charge in [0.05, 0.1) is 23.5 Å². The number of aliphatic hydroxyl groups is 1. The Labute approximate surface area is 102 Å². The largest absolute Gasteiger partial charge is 0.460 e. The fourth-order valence-corrected chi connectivity index (χ4v) is 3.75. The molecule has 1 atom stereocenters. The van der Waals surface area contributed by atoms with Gasteiger partial charge in [-0.2, -0.15) is 0 Å². The number of ether oxygens (including phenoxy) is 1. The molecule has 0 spiro atoms. The third kappa shape index (κ3) is 5.04. The van der Waals surface area contributed by atoms with Gasteiger partial charge in [-0.3, -0.25) is 4.79 Å². The molecule has 1 unspecified atom stereocenters. The lowest BCUT2D eigenvalue weighted by molar-refractivity contribution is -0.159. The molecule has 0 aliphatic carbocycles. The summed E-state index contributed by atoms with van der Waals surface area (Å²) >= 11 is 0. The van der Waals surface area contributed by atoms with Crippen molar-refractivity contribution in [3.8, 4) is 0 Å². The second-order valence-corrected chi connectivity index (χ2v) is 7.87. The number of hydrogen-bond acceptors (Lipinski definition) is 5. The molecule has 1 aliphatic rings. The number of hydrogen-bond donors (Lipinski definition) is 1. The Kier molecular flexibility index (Phi) is 3.88. The smallest absolute Gasteiger partial charge is 0.309 e. The van der Waals surface area contributed by atoms with Gasteiger partial charge < -0.3 is 9.84 Å². The fraction of sp³-hybridized carbons (Fsp3) is 0.909. The van der Waals surface area contributed by atoms with Crippen LogP contribution in [0, 0.1) is 0 Å². The van der Waals surface area contributed by atoms with E-state index >= 15 is 0 Å². The normalized spacial score (nSPS) is 28.7. The Balaban J connectivity index is 2.64. The van der Waals surface area contributed by atoms with E-state index in [4.69, 9.17) is 4.74 Å². The average molecular weight is 264 g/mol. The number of rotatable bonds is 2. The summed E-state index contributed by atoms with van der Waals surface area (Å²) in [7, 11) is -3.24. The van der Waals surface area contributed by atoms with E-state index in [9.17, 15) is 18.3 Å². The van der Waals surface area contributed by atoms with Crippen molar-refractivity contribution >= 4 is 15.8 Å². The third-order valence-electron chi connectivity index (χ3n) is 2.48. The van der Waals surface area contributed by atoms with Crippen molar-refractivity contribution in [2.75, 3.05) is 11.5 Å². The van der Waals surface area contributed by atoms with E-state index in [2.05, 4.69) is 0 Å². The molecule has 0 bridgehead atoms. The summed E-state index contributed by atoms with van der Waals surface area (Å²) in [5.41, 5.74) is -2.08. The lowest BCUT2D eigenvalue weighted by Gasteiger charge is -2.31. The topological polar surface area (TPSA) is 80.7 Å². The first-order valence-electron chi connectivity index (χ1n) is 5.66. The average Bonchev–Trinajstić information content (AvgIpc) is 1.94. The van der Waals surface area contributed by atoms with E-state index in [-0.39, 0.29) is 17.9 Å². The summed E-state index contributed by atoms with van der Waals surface area (Å²) < 4.78 is 27.9. The van der Waals surface area contributed by atoms with Crippen molar-refractivity contribution < 1.29 is 23.1 Å². The first-order valence-corrected chi connectivity index (χ1v) is 7.48. The zero-order chi connectivity index (χ0) is 13.3. The van der Waals surface area contributed by atoms with Crippen molar-refractivity contribution in [1.29, 1.82) is 0 Å². The Morgan fingerprint density at radius 1 is 1.41 bits per heavy atom. The predicted molar refractivity (Wildman–Crippen MR) is 63.3 cm³/mol. The number of carbonyl (C=O) groups is 1. The monoisotopic (exact) mass is 264 g/mol. The molecule has 6 heteroatoms. The zero-order valence-electron chi connectivity index (χ0n) is 10.5. The molecule has 0 aromatic carbocycles. The standard InChI is InChI=1S/C11H20O5S/c1-10(2,3)16-9(12)7-11(13)5-4-6-17(14,15)8-11/h13H,4-8H2,1-3H3. The molecule has 0 saturated carbocycles. The van der Waals surface area contributed by atoms with Gasteiger partial charge in [0, 0.05) is 0 Å². The Morgan fingerprint density at radius 3 is 2.47 bits per heavy atom. The molecular weight excluding hydrogens is 244 g/mol. The Morgan fingerprint density at radius 2 is 2.00 bits per heavy atom. The van der Waals surface area contributed by atoms with Gasteiger partial charge in [0.1, 0.15) is 5.60 Å². The van der Waals surface area contributed by atoms with Crippen LogP contribution in [0.5, 0.6) is 0 Å². The summed E-state index contributed by atoms with van der Waals surface area (Å²) in [5.74, 6) is -0.819. The molecule has 1 aliphatic heterocycles. The van der Waals surface area contributed by atoms with Gasteiger partial charge in [0.25, 0.3) is 0 Å². The zero-order valence-corrected chi connectivity index (χ0v) is 11.3. The van der Waals surface area contributed by atoms with Crippen LogP contribution in [0.15, 0.2) is 0 Å². The fourth-order valence-electron chi connectivity index (χ4n) is 1.96. The lowest BCUT2D eigenvalue weighted by Crippen LogP contribution is -2.44. The molecule has 1 rings (SSSR count). The molecular formula is C11H20O5S. The number of sulfone groups is 1. The molecule has 1 N–H and O–H groups in total. The lowest BCUT2D eigenvalue weighted by atomic mass is 9.96. The molecule has 0 aromatic heterocycles. The van der Waals surface area contributed by atoms with Crippen molar-refractivity contribution in [2.24, 2.45) is 0 Å². The summed E-state index contributed by atoms with van der Waals surface area (Å²) in [6.45, 7) is 5.19. The first kappa shape index (κ1) is 14.4. The van der Waals surface area contributed by atoms with Crippen LogP contribution in [-0.2, 0) is 19.4 Å². The van der Waals surface area contributed by atoms with Crippen molar-refractivity contribution in [3.05, 3.63) is 0 Å². The molecule has 17 heavy (non-hydrogen) atoms. The van der Waals surface area contributed by atoms with Crippen LogP contribution in [0.25, 0.3) is 0 Å². The number of carbonyl (C=O) groups excluding carboxylic acids is 1. The summed E-state index contributed by atoms with van der Waals surface area (Å²) in [6.07, 6.45) is 0.455. The van der Waals surface area contributed by atoms with Gasteiger partial charge >= 0.3 is 5.97 Å². The van der Waals surface area contributed by atoms with Crippen LogP contribution in [0.4, 0.5) is 0 Å². The minimum Gasteiger partial charge on any atom is -0.460 e. The molecule has 100 valence electrons. The number of esters is 1. The molecule has 1 saturated heterocycles. The van der Waals surface area contributed by atoms with Crippen LogP contribution in [-0.4, -0.2) is 42.2 Å². The summed E-state index contributed by atoms with van der Waals surface area (Å²) in [5, 5.41) is 10.1. The quantitative estimate of drug-likeness (QED) is 0.741. The van der Waals surface area contributed by atoms with Gasteiger partial charge in [-0.05, 0) is 33.6 Å². The van der Waals surface area contributed by atoms with E-state index in [1.807, 2.05) is 0 Å². The Hall–Kier alpha value is -0.620. The van der Waals surface area contributed by atoms with E-state index in [1.54, 1.807) is 20.8 Å². The Bertz CT molecular complexity index is 393. The van der Waals surface area contributed by atoms with Crippen LogP contribution in [0.3, 0.4) is 0 Å². The molecule has 0 aromatic rings. The van der Waals surface area contributed by atoms with Crippen LogP contribution >= 0.6 is 0 Å². The van der Waals surface area contributed by atoms with Crippen molar-refractivity contribution in [1.82, 2.24) is 0 Å². The molecule has 5 nitrogen and oxygen atoms in total. The van der Waals surface area contributed by atoms with Crippen molar-refractivity contribution in [2.45, 2.75) is 51.2 Å². The highest BCUT2D eigenvalue weighted by atomic mass is 32.2. The third-order valence-corrected chi connectivity index (χ3v) is 4.37. The maximum atomic E-state index is 11.6. The molecule has 0 radical (unpaired) electrons. The van der Waals surface area contributed by atoms with Crippen molar-refractivity contribution in [3.63, 3.8) is 0 Å². The highest BCUT2D eigenvalue weighted by molar-refractivity contribution is 7.91.